The standard InChI is InChI=1S/C25H18BrN3O8/c1-14-3-6-17(12-21(14)29(33)34)24-27-20(25(30)37-24)10-16-9-19(26)23(22(11-16)35-2)36-13-15-4-7-18(8-5-15)28(31)32/h3-12H,13H2,1-2H3/b20-10-. The third-order valence-electron chi connectivity index (χ3n) is 5.36. The SMILES string of the molecule is COc1cc(/C=C2\N=C(c3ccc(C)c([N+](=O)[O-])c3)OC2=O)cc(Br)c1OCc1ccc([N+](=O)[O-])cc1. The molecule has 4 rings (SSSR count). The molecule has 1 heterocycles. The molecule has 0 saturated heterocycles. The first kappa shape index (κ1) is 25.5. The average molecular weight is 568 g/mol. The summed E-state index contributed by atoms with van der Waals surface area (Å²) < 4.78 is 17.1. The molecule has 37 heavy (non-hydrogen) atoms. The number of esters is 1. The molecule has 0 aromatic heterocycles. The van der Waals surface area contributed by atoms with Crippen LogP contribution in [-0.2, 0) is 16.1 Å². The first-order chi connectivity index (χ1) is 17.7. The van der Waals surface area contributed by atoms with Gasteiger partial charge >= 0.3 is 5.97 Å². The van der Waals surface area contributed by atoms with Gasteiger partial charge in [-0.05, 0) is 70.4 Å². The van der Waals surface area contributed by atoms with Crippen LogP contribution in [0.2, 0.25) is 0 Å². The lowest BCUT2D eigenvalue weighted by atomic mass is 10.1. The van der Waals surface area contributed by atoms with Crippen LogP contribution in [0.3, 0.4) is 0 Å². The van der Waals surface area contributed by atoms with E-state index >= 15 is 0 Å². The Hall–Kier alpha value is -4.58. The van der Waals surface area contributed by atoms with Gasteiger partial charge in [0.05, 0.1) is 21.4 Å². The minimum Gasteiger partial charge on any atom is -0.493 e. The van der Waals surface area contributed by atoms with E-state index in [0.717, 1.165) is 5.56 Å². The number of carbonyl (C=O) groups is 1. The van der Waals surface area contributed by atoms with E-state index in [9.17, 15) is 25.0 Å². The Labute approximate surface area is 218 Å². The van der Waals surface area contributed by atoms with Crippen LogP contribution in [0.25, 0.3) is 6.08 Å². The van der Waals surface area contributed by atoms with Crippen LogP contribution in [0.15, 0.2) is 69.8 Å². The molecule has 3 aromatic carbocycles. The van der Waals surface area contributed by atoms with Gasteiger partial charge in [0.25, 0.3) is 11.4 Å². The third kappa shape index (κ3) is 5.64. The van der Waals surface area contributed by atoms with Gasteiger partial charge in [0.1, 0.15) is 6.61 Å². The second-order valence-corrected chi connectivity index (χ2v) is 8.70. The molecule has 188 valence electrons. The summed E-state index contributed by atoms with van der Waals surface area (Å²) in [6.45, 7) is 1.75. The van der Waals surface area contributed by atoms with E-state index in [1.807, 2.05) is 0 Å². The van der Waals surface area contributed by atoms with Crippen molar-refractivity contribution in [1.29, 1.82) is 0 Å². The number of nitrogens with zero attached hydrogens (tertiary/aromatic N) is 3. The number of benzene rings is 3. The lowest BCUT2D eigenvalue weighted by molar-refractivity contribution is -0.385. The summed E-state index contributed by atoms with van der Waals surface area (Å²) in [4.78, 5) is 37.7. The normalized spacial score (nSPS) is 13.8. The van der Waals surface area contributed by atoms with Crippen molar-refractivity contribution in [3.05, 3.63) is 107 Å². The van der Waals surface area contributed by atoms with Crippen LogP contribution in [0.4, 0.5) is 11.4 Å². The van der Waals surface area contributed by atoms with E-state index in [1.54, 1.807) is 43.3 Å². The summed E-state index contributed by atoms with van der Waals surface area (Å²) in [6.07, 6.45) is 1.49. The molecule has 1 aliphatic heterocycles. The maximum absolute atomic E-state index is 12.4. The molecule has 0 amide bonds. The Morgan fingerprint density at radius 2 is 1.78 bits per heavy atom. The van der Waals surface area contributed by atoms with E-state index in [1.165, 1.54) is 31.4 Å². The molecule has 0 fully saturated rings. The monoisotopic (exact) mass is 567 g/mol. The van der Waals surface area contributed by atoms with Crippen LogP contribution in [0.1, 0.15) is 22.3 Å². The van der Waals surface area contributed by atoms with Crippen LogP contribution >= 0.6 is 15.9 Å². The molecule has 0 bridgehead atoms. The van der Waals surface area contributed by atoms with Crippen molar-refractivity contribution in [1.82, 2.24) is 0 Å². The number of hydrogen-bond acceptors (Lipinski definition) is 9. The van der Waals surface area contributed by atoms with Crippen molar-refractivity contribution in [2.75, 3.05) is 7.11 Å². The zero-order valence-electron chi connectivity index (χ0n) is 19.5. The van der Waals surface area contributed by atoms with E-state index in [0.29, 0.717) is 32.7 Å². The van der Waals surface area contributed by atoms with Gasteiger partial charge in [0.2, 0.25) is 5.90 Å². The van der Waals surface area contributed by atoms with Gasteiger partial charge in [-0.25, -0.2) is 9.79 Å². The highest BCUT2D eigenvalue weighted by Gasteiger charge is 2.26. The number of cyclic esters (lactones) is 1. The Morgan fingerprint density at radius 3 is 2.43 bits per heavy atom. The second kappa shape index (κ2) is 10.6. The number of nitro groups is 2. The molecule has 0 atom stereocenters. The number of nitro benzene ring substituents is 2. The van der Waals surface area contributed by atoms with Crippen LogP contribution in [0, 0.1) is 27.2 Å². The predicted octanol–water partition coefficient (Wildman–Crippen LogP) is 5.51. The van der Waals surface area contributed by atoms with Crippen LogP contribution in [-0.4, -0.2) is 28.8 Å². The predicted molar refractivity (Wildman–Crippen MR) is 137 cm³/mol. The zero-order valence-corrected chi connectivity index (χ0v) is 21.1. The fourth-order valence-corrected chi connectivity index (χ4v) is 4.04. The molecule has 0 unspecified atom stereocenters. The largest absolute Gasteiger partial charge is 0.493 e. The fraction of sp³-hybridized carbons (Fsp3) is 0.120. The number of aliphatic imine (C=N–C) groups is 1. The highest BCUT2D eigenvalue weighted by atomic mass is 79.9. The molecule has 0 radical (unpaired) electrons. The van der Waals surface area contributed by atoms with Crippen molar-refractivity contribution in [2.24, 2.45) is 4.99 Å². The van der Waals surface area contributed by atoms with Crippen molar-refractivity contribution in [2.45, 2.75) is 13.5 Å². The van der Waals surface area contributed by atoms with Crippen molar-refractivity contribution < 1.29 is 28.9 Å². The number of methoxy groups -OCH3 is 1. The Morgan fingerprint density at radius 1 is 1.05 bits per heavy atom. The van der Waals surface area contributed by atoms with Gasteiger partial charge < -0.3 is 14.2 Å². The van der Waals surface area contributed by atoms with Gasteiger partial charge in [-0.2, -0.15) is 0 Å². The Balaban J connectivity index is 1.57. The minimum absolute atomic E-state index is 0.00623. The van der Waals surface area contributed by atoms with Gasteiger partial charge in [-0.3, -0.25) is 20.2 Å². The third-order valence-corrected chi connectivity index (χ3v) is 5.95. The number of halogens is 1. The first-order valence-electron chi connectivity index (χ1n) is 10.7. The summed E-state index contributed by atoms with van der Waals surface area (Å²) in [5, 5.41) is 22.1. The van der Waals surface area contributed by atoms with E-state index in [2.05, 4.69) is 20.9 Å². The van der Waals surface area contributed by atoms with Crippen molar-refractivity contribution >= 4 is 45.2 Å². The summed E-state index contributed by atoms with van der Waals surface area (Å²) in [7, 11) is 1.46. The Kier molecular flexibility index (Phi) is 7.30. The van der Waals surface area contributed by atoms with Crippen LogP contribution in [0.5, 0.6) is 11.5 Å². The lowest BCUT2D eigenvalue weighted by Crippen LogP contribution is -2.06. The smallest absolute Gasteiger partial charge is 0.363 e. The van der Waals surface area contributed by atoms with Gasteiger partial charge in [-0.1, -0.05) is 6.07 Å². The first-order valence-corrected chi connectivity index (χ1v) is 11.5. The number of non-ortho nitro benzene ring substituents is 1. The van der Waals surface area contributed by atoms with Gasteiger partial charge in [0.15, 0.2) is 17.2 Å². The molecule has 0 aliphatic carbocycles. The molecule has 12 heteroatoms. The molecule has 3 aromatic rings. The zero-order chi connectivity index (χ0) is 26.7. The average Bonchev–Trinajstić information content (AvgIpc) is 3.23. The minimum atomic E-state index is -0.702. The summed E-state index contributed by atoms with van der Waals surface area (Å²) in [6, 6.07) is 13.8. The van der Waals surface area contributed by atoms with Crippen LogP contribution < -0.4 is 9.47 Å². The van der Waals surface area contributed by atoms with Crippen molar-refractivity contribution in [3.8, 4) is 11.5 Å². The second-order valence-electron chi connectivity index (χ2n) is 7.84. The molecular formula is C25H18BrN3O8. The summed E-state index contributed by atoms with van der Waals surface area (Å²) in [5.41, 5.74) is 1.94. The van der Waals surface area contributed by atoms with Gasteiger partial charge in [0, 0.05) is 29.3 Å². The maximum Gasteiger partial charge on any atom is 0.363 e. The number of hydrogen-bond donors (Lipinski definition) is 0. The Bertz CT molecular complexity index is 1480. The maximum atomic E-state index is 12.4. The molecule has 11 nitrogen and oxygen atoms in total. The number of ether oxygens (including phenoxy) is 3. The molecule has 0 spiro atoms. The van der Waals surface area contributed by atoms with Crippen molar-refractivity contribution in [3.63, 3.8) is 0 Å². The molecule has 1 aliphatic rings. The molecule has 0 N–H and O–H groups in total. The topological polar surface area (TPSA) is 143 Å². The quantitative estimate of drug-likeness (QED) is 0.150. The number of aryl methyl sites for hydroxylation is 1. The number of carbonyl (C=O) groups excluding carboxylic acids is 1. The van der Waals surface area contributed by atoms with E-state index in [-0.39, 0.29) is 29.6 Å². The van der Waals surface area contributed by atoms with E-state index < -0.39 is 15.8 Å². The fourth-order valence-electron chi connectivity index (χ4n) is 3.46. The summed E-state index contributed by atoms with van der Waals surface area (Å²) >= 11 is 3.44. The molecular weight excluding hydrogens is 550 g/mol. The highest BCUT2D eigenvalue weighted by Crippen LogP contribution is 2.38. The highest BCUT2D eigenvalue weighted by molar-refractivity contribution is 9.10. The summed E-state index contributed by atoms with van der Waals surface area (Å²) in [5.74, 6) is 0.0290. The lowest BCUT2D eigenvalue weighted by Gasteiger charge is -2.13. The number of rotatable bonds is 8. The van der Waals surface area contributed by atoms with E-state index in [4.69, 9.17) is 14.2 Å². The molecule has 0 saturated carbocycles. The van der Waals surface area contributed by atoms with Gasteiger partial charge in [-0.15, -0.1) is 0 Å².